The predicted molar refractivity (Wildman–Crippen MR) is 97.4 cm³/mol. The summed E-state index contributed by atoms with van der Waals surface area (Å²) in [6.07, 6.45) is 3.67. The van der Waals surface area contributed by atoms with E-state index in [4.69, 9.17) is 0 Å². The van der Waals surface area contributed by atoms with E-state index in [1.165, 1.54) is 0 Å². The lowest BCUT2D eigenvalue weighted by Crippen LogP contribution is -2.25. The highest BCUT2D eigenvalue weighted by atomic mass is 32.2. The summed E-state index contributed by atoms with van der Waals surface area (Å²) in [7, 11) is 3.80. The maximum absolute atomic E-state index is 12.4. The third-order valence-electron chi connectivity index (χ3n) is 3.65. The van der Waals surface area contributed by atoms with E-state index in [2.05, 4.69) is 20.4 Å². The monoisotopic (exact) mass is 356 g/mol. The molecule has 0 aliphatic carbocycles. The van der Waals surface area contributed by atoms with Crippen molar-refractivity contribution in [3.8, 4) is 11.4 Å². The van der Waals surface area contributed by atoms with Gasteiger partial charge in [-0.15, -0.1) is 0 Å². The number of hydrogen-bond donors (Lipinski definition) is 1. The van der Waals surface area contributed by atoms with Crippen LogP contribution in [-0.4, -0.2) is 42.5 Å². The molecule has 0 bridgehead atoms. The molecule has 0 fully saturated rings. The van der Waals surface area contributed by atoms with Gasteiger partial charge in [0.25, 0.3) is 5.91 Å². The number of carbonyl (C=O) groups excluding carboxylic acids is 1. The molecule has 8 heteroatoms. The Morgan fingerprint density at radius 2 is 2.16 bits per heavy atom. The molecule has 0 aliphatic rings. The van der Waals surface area contributed by atoms with E-state index in [-0.39, 0.29) is 5.91 Å². The highest BCUT2D eigenvalue weighted by Gasteiger charge is 2.11. The smallest absolute Gasteiger partial charge is 0.251 e. The van der Waals surface area contributed by atoms with Crippen molar-refractivity contribution >= 4 is 17.7 Å². The fourth-order valence-corrected chi connectivity index (χ4v) is 3.25. The van der Waals surface area contributed by atoms with Crippen molar-refractivity contribution in [2.75, 3.05) is 12.3 Å². The van der Waals surface area contributed by atoms with E-state index < -0.39 is 0 Å². The number of aryl methyl sites for hydroxylation is 3. The summed E-state index contributed by atoms with van der Waals surface area (Å²) in [5.41, 5.74) is 1.48. The number of nitrogens with zero attached hydrogens (tertiary/aromatic N) is 5. The van der Waals surface area contributed by atoms with Crippen LogP contribution in [0.15, 0.2) is 41.8 Å². The van der Waals surface area contributed by atoms with Gasteiger partial charge in [0.2, 0.25) is 0 Å². The largest absolute Gasteiger partial charge is 0.351 e. The van der Waals surface area contributed by atoms with Gasteiger partial charge in [0, 0.05) is 49.9 Å². The fourth-order valence-electron chi connectivity index (χ4n) is 2.46. The van der Waals surface area contributed by atoms with Crippen molar-refractivity contribution in [1.82, 2.24) is 29.6 Å². The van der Waals surface area contributed by atoms with Gasteiger partial charge >= 0.3 is 0 Å². The van der Waals surface area contributed by atoms with Crippen LogP contribution < -0.4 is 5.32 Å². The minimum Gasteiger partial charge on any atom is -0.351 e. The number of hydrogen-bond acceptors (Lipinski definition) is 5. The second kappa shape index (κ2) is 7.52. The van der Waals surface area contributed by atoms with Crippen LogP contribution >= 0.6 is 11.8 Å². The molecule has 7 nitrogen and oxygen atoms in total. The Kier molecular flexibility index (Phi) is 5.18. The Morgan fingerprint density at radius 1 is 1.32 bits per heavy atom. The van der Waals surface area contributed by atoms with E-state index in [1.807, 2.05) is 50.0 Å². The van der Waals surface area contributed by atoms with Crippen LogP contribution in [0.4, 0.5) is 0 Å². The standard InChI is InChI=1S/C17H20N6OS/c1-12-20-15(23(3)21-12)13-5-4-6-14(11-13)16(24)18-8-10-25-17-19-7-9-22(17)2/h4-7,9,11H,8,10H2,1-3H3,(H,18,24). The summed E-state index contributed by atoms with van der Waals surface area (Å²) in [4.78, 5) is 21.0. The normalized spacial score (nSPS) is 10.8. The molecule has 1 amide bonds. The summed E-state index contributed by atoms with van der Waals surface area (Å²) in [6.45, 7) is 2.42. The van der Waals surface area contributed by atoms with Crippen LogP contribution in [0.2, 0.25) is 0 Å². The van der Waals surface area contributed by atoms with E-state index in [1.54, 1.807) is 28.7 Å². The summed E-state index contributed by atoms with van der Waals surface area (Å²) >= 11 is 1.61. The third kappa shape index (κ3) is 4.08. The molecule has 0 saturated heterocycles. The molecular formula is C17H20N6OS. The first-order valence-corrected chi connectivity index (χ1v) is 8.89. The summed E-state index contributed by atoms with van der Waals surface area (Å²) in [5.74, 6) is 2.12. The van der Waals surface area contributed by atoms with E-state index in [0.717, 1.165) is 22.3 Å². The minimum atomic E-state index is -0.0961. The van der Waals surface area contributed by atoms with Crippen LogP contribution in [0.3, 0.4) is 0 Å². The van der Waals surface area contributed by atoms with Crippen LogP contribution in [0.1, 0.15) is 16.2 Å². The van der Waals surface area contributed by atoms with E-state index >= 15 is 0 Å². The van der Waals surface area contributed by atoms with Crippen molar-refractivity contribution in [2.24, 2.45) is 14.1 Å². The van der Waals surface area contributed by atoms with Crippen molar-refractivity contribution < 1.29 is 4.79 Å². The van der Waals surface area contributed by atoms with Crippen molar-refractivity contribution in [2.45, 2.75) is 12.1 Å². The Balaban J connectivity index is 1.60. The van der Waals surface area contributed by atoms with Crippen LogP contribution in [0.25, 0.3) is 11.4 Å². The third-order valence-corrected chi connectivity index (χ3v) is 4.71. The maximum Gasteiger partial charge on any atom is 0.251 e. The van der Waals surface area contributed by atoms with Gasteiger partial charge in [-0.25, -0.2) is 14.6 Å². The molecule has 0 radical (unpaired) electrons. The second-order valence-corrected chi connectivity index (χ2v) is 6.67. The van der Waals surface area contributed by atoms with Gasteiger partial charge in [-0.1, -0.05) is 23.9 Å². The molecule has 0 atom stereocenters. The molecule has 1 aromatic carbocycles. The summed E-state index contributed by atoms with van der Waals surface area (Å²) < 4.78 is 3.68. The lowest BCUT2D eigenvalue weighted by Gasteiger charge is -2.07. The zero-order chi connectivity index (χ0) is 17.8. The molecule has 130 valence electrons. The molecular weight excluding hydrogens is 336 g/mol. The maximum atomic E-state index is 12.4. The Morgan fingerprint density at radius 3 is 2.84 bits per heavy atom. The molecule has 2 heterocycles. The van der Waals surface area contributed by atoms with Gasteiger partial charge < -0.3 is 9.88 Å². The topological polar surface area (TPSA) is 77.6 Å². The number of imidazole rings is 1. The number of benzene rings is 1. The first kappa shape index (κ1) is 17.2. The summed E-state index contributed by atoms with van der Waals surface area (Å²) in [5, 5.41) is 8.13. The average molecular weight is 356 g/mol. The second-order valence-electron chi connectivity index (χ2n) is 5.61. The van der Waals surface area contributed by atoms with Gasteiger partial charge in [-0.3, -0.25) is 4.79 Å². The lowest BCUT2D eigenvalue weighted by molar-refractivity contribution is 0.0956. The highest BCUT2D eigenvalue weighted by Crippen LogP contribution is 2.18. The molecule has 0 spiro atoms. The molecule has 3 rings (SSSR count). The molecule has 2 aromatic heterocycles. The van der Waals surface area contributed by atoms with Gasteiger partial charge in [-0.05, 0) is 19.1 Å². The fraction of sp³-hybridized carbons (Fsp3) is 0.294. The van der Waals surface area contributed by atoms with Crippen LogP contribution in [-0.2, 0) is 14.1 Å². The number of rotatable bonds is 6. The molecule has 0 unspecified atom stereocenters. The number of amides is 1. The summed E-state index contributed by atoms with van der Waals surface area (Å²) in [6, 6.07) is 7.42. The Bertz CT molecular complexity index is 885. The van der Waals surface area contributed by atoms with Gasteiger partial charge in [-0.2, -0.15) is 5.10 Å². The minimum absolute atomic E-state index is 0.0961. The van der Waals surface area contributed by atoms with Crippen molar-refractivity contribution in [3.63, 3.8) is 0 Å². The first-order chi connectivity index (χ1) is 12.0. The van der Waals surface area contributed by atoms with Crippen molar-refractivity contribution in [1.29, 1.82) is 0 Å². The molecule has 1 N–H and O–H groups in total. The Labute approximate surface area is 150 Å². The number of thioether (sulfide) groups is 1. The first-order valence-electron chi connectivity index (χ1n) is 7.91. The highest BCUT2D eigenvalue weighted by molar-refractivity contribution is 7.99. The van der Waals surface area contributed by atoms with Crippen LogP contribution in [0, 0.1) is 6.92 Å². The van der Waals surface area contributed by atoms with E-state index in [0.29, 0.717) is 17.9 Å². The SMILES string of the molecule is Cc1nc(-c2cccc(C(=O)NCCSc3nccn3C)c2)n(C)n1. The van der Waals surface area contributed by atoms with Crippen LogP contribution in [0.5, 0.6) is 0 Å². The molecule has 0 aliphatic heterocycles. The number of carbonyl (C=O) groups is 1. The zero-order valence-electron chi connectivity index (χ0n) is 14.4. The molecule has 3 aromatic rings. The molecule has 25 heavy (non-hydrogen) atoms. The predicted octanol–water partition coefficient (Wildman–Crippen LogP) is 2.05. The average Bonchev–Trinajstić information content (AvgIpc) is 3.16. The van der Waals surface area contributed by atoms with E-state index in [9.17, 15) is 4.79 Å². The Hall–Kier alpha value is -2.61. The van der Waals surface area contributed by atoms with Gasteiger partial charge in [0.1, 0.15) is 5.82 Å². The van der Waals surface area contributed by atoms with Gasteiger partial charge in [0.15, 0.2) is 11.0 Å². The van der Waals surface area contributed by atoms with Gasteiger partial charge in [0.05, 0.1) is 0 Å². The number of nitrogens with one attached hydrogen (secondary N) is 1. The quantitative estimate of drug-likeness (QED) is 0.540. The number of aromatic nitrogens is 5. The van der Waals surface area contributed by atoms with Crippen molar-refractivity contribution in [3.05, 3.63) is 48.0 Å². The zero-order valence-corrected chi connectivity index (χ0v) is 15.2. The molecule has 0 saturated carbocycles. The lowest BCUT2D eigenvalue weighted by atomic mass is 10.1.